The van der Waals surface area contributed by atoms with Crippen molar-refractivity contribution in [3.8, 4) is 11.1 Å². The van der Waals surface area contributed by atoms with Gasteiger partial charge in [0.2, 0.25) is 5.91 Å². The second-order valence-corrected chi connectivity index (χ2v) is 7.76. The van der Waals surface area contributed by atoms with E-state index in [0.717, 1.165) is 16.7 Å². The first-order chi connectivity index (χ1) is 16.0. The Hall–Kier alpha value is -3.85. The van der Waals surface area contributed by atoms with E-state index in [9.17, 15) is 14.0 Å². The van der Waals surface area contributed by atoms with Crippen molar-refractivity contribution in [2.45, 2.75) is 26.1 Å². The van der Waals surface area contributed by atoms with Gasteiger partial charge in [0.1, 0.15) is 18.2 Å². The maximum absolute atomic E-state index is 14.9. The van der Waals surface area contributed by atoms with Gasteiger partial charge in [0.15, 0.2) is 0 Å². The standard InChI is InChI=1S/C24H24FN5O3/c1-16(31)29-13-21-14-30(24(32)33-21)20-6-7-22(23(25)8-20)19-4-2-17(3-5-19)9-26-10-18-11-27-15-28-12-18/h2-8,11-12,15,21,26H,9-10,13-14H2,1H3,(H,29,31)/t21-/m0/s1. The van der Waals surface area contributed by atoms with E-state index in [2.05, 4.69) is 20.6 Å². The number of nitrogens with one attached hydrogen (secondary N) is 2. The molecule has 8 nitrogen and oxygen atoms in total. The van der Waals surface area contributed by atoms with Gasteiger partial charge in [-0.15, -0.1) is 0 Å². The van der Waals surface area contributed by atoms with Crippen LogP contribution in [0.1, 0.15) is 18.1 Å². The van der Waals surface area contributed by atoms with Gasteiger partial charge in [-0.2, -0.15) is 0 Å². The van der Waals surface area contributed by atoms with Crippen LogP contribution < -0.4 is 15.5 Å². The molecule has 0 spiro atoms. The molecule has 33 heavy (non-hydrogen) atoms. The molecule has 2 heterocycles. The fourth-order valence-corrected chi connectivity index (χ4v) is 3.58. The Morgan fingerprint density at radius 3 is 2.55 bits per heavy atom. The summed E-state index contributed by atoms with van der Waals surface area (Å²) in [5.41, 5.74) is 3.67. The third-order valence-corrected chi connectivity index (χ3v) is 5.25. The summed E-state index contributed by atoms with van der Waals surface area (Å²) < 4.78 is 20.1. The number of amides is 2. The van der Waals surface area contributed by atoms with Crippen LogP contribution >= 0.6 is 0 Å². The molecule has 1 atom stereocenters. The maximum atomic E-state index is 14.9. The van der Waals surface area contributed by atoms with Gasteiger partial charge in [-0.1, -0.05) is 24.3 Å². The number of carbonyl (C=O) groups excluding carboxylic acids is 2. The predicted molar refractivity (Wildman–Crippen MR) is 121 cm³/mol. The van der Waals surface area contributed by atoms with Gasteiger partial charge >= 0.3 is 6.09 Å². The van der Waals surface area contributed by atoms with Crippen LogP contribution in [0.15, 0.2) is 61.2 Å². The zero-order valence-corrected chi connectivity index (χ0v) is 18.1. The quantitative estimate of drug-likeness (QED) is 0.549. The number of nitrogens with zero attached hydrogens (tertiary/aromatic N) is 3. The number of anilines is 1. The summed E-state index contributed by atoms with van der Waals surface area (Å²) in [5, 5.41) is 5.94. The Kier molecular flexibility index (Phi) is 6.89. The molecule has 1 saturated heterocycles. The first-order valence-electron chi connectivity index (χ1n) is 10.6. The van der Waals surface area contributed by atoms with Crippen molar-refractivity contribution in [2.24, 2.45) is 0 Å². The Morgan fingerprint density at radius 1 is 1.12 bits per heavy atom. The monoisotopic (exact) mass is 449 g/mol. The predicted octanol–water partition coefficient (Wildman–Crippen LogP) is 3.03. The number of halogens is 1. The molecule has 0 aliphatic carbocycles. The van der Waals surface area contributed by atoms with Gasteiger partial charge in [-0.25, -0.2) is 19.2 Å². The number of carbonyl (C=O) groups is 2. The number of cyclic esters (lactones) is 1. The van der Waals surface area contributed by atoms with E-state index in [0.29, 0.717) is 24.3 Å². The summed E-state index contributed by atoms with van der Waals surface area (Å²) in [5.74, 6) is -0.631. The zero-order chi connectivity index (χ0) is 23.2. The Morgan fingerprint density at radius 2 is 1.85 bits per heavy atom. The molecule has 1 fully saturated rings. The Bertz CT molecular complexity index is 1120. The van der Waals surface area contributed by atoms with Crippen molar-refractivity contribution in [1.82, 2.24) is 20.6 Å². The van der Waals surface area contributed by atoms with Gasteiger partial charge in [-0.05, 0) is 29.3 Å². The summed E-state index contributed by atoms with van der Waals surface area (Å²) in [7, 11) is 0. The average Bonchev–Trinajstić information content (AvgIpc) is 3.19. The lowest BCUT2D eigenvalue weighted by atomic mass is 10.0. The number of hydrogen-bond donors (Lipinski definition) is 2. The highest BCUT2D eigenvalue weighted by molar-refractivity contribution is 5.90. The second kappa shape index (κ2) is 10.2. The maximum Gasteiger partial charge on any atom is 0.414 e. The van der Waals surface area contributed by atoms with Crippen LogP contribution in [-0.4, -0.2) is 41.2 Å². The first kappa shape index (κ1) is 22.3. The highest BCUT2D eigenvalue weighted by Crippen LogP contribution is 2.29. The smallest absolute Gasteiger partial charge is 0.414 e. The van der Waals surface area contributed by atoms with Crippen LogP contribution in [0.25, 0.3) is 11.1 Å². The lowest BCUT2D eigenvalue weighted by molar-refractivity contribution is -0.119. The highest BCUT2D eigenvalue weighted by Gasteiger charge is 2.32. The molecular weight excluding hydrogens is 425 g/mol. The number of hydrogen-bond acceptors (Lipinski definition) is 6. The molecule has 2 aromatic carbocycles. The van der Waals surface area contributed by atoms with Crippen molar-refractivity contribution >= 4 is 17.7 Å². The van der Waals surface area contributed by atoms with Gasteiger partial charge in [0.05, 0.1) is 18.8 Å². The van der Waals surface area contributed by atoms with Crippen molar-refractivity contribution in [3.63, 3.8) is 0 Å². The fourth-order valence-electron chi connectivity index (χ4n) is 3.58. The van der Waals surface area contributed by atoms with E-state index >= 15 is 0 Å². The zero-order valence-electron chi connectivity index (χ0n) is 18.1. The fraction of sp³-hybridized carbons (Fsp3) is 0.250. The SMILES string of the molecule is CC(=O)NC[C@H]1CN(c2ccc(-c3ccc(CNCc4cncnc4)cc3)c(F)c2)C(=O)O1. The summed E-state index contributed by atoms with van der Waals surface area (Å²) in [6.45, 7) is 3.18. The number of aromatic nitrogens is 2. The molecule has 1 aliphatic heterocycles. The molecule has 4 rings (SSSR count). The molecule has 3 aromatic rings. The molecule has 0 saturated carbocycles. The molecule has 0 unspecified atom stereocenters. The minimum Gasteiger partial charge on any atom is -0.442 e. The first-order valence-corrected chi connectivity index (χ1v) is 10.6. The van der Waals surface area contributed by atoms with E-state index in [1.807, 2.05) is 24.3 Å². The van der Waals surface area contributed by atoms with Crippen LogP contribution in [0.2, 0.25) is 0 Å². The molecule has 2 N–H and O–H groups in total. The van der Waals surface area contributed by atoms with Crippen LogP contribution in [0.4, 0.5) is 14.9 Å². The summed E-state index contributed by atoms with van der Waals surface area (Å²) in [6.07, 6.45) is 3.99. The molecule has 0 radical (unpaired) electrons. The van der Waals surface area contributed by atoms with Crippen molar-refractivity contribution in [2.75, 3.05) is 18.0 Å². The van der Waals surface area contributed by atoms with E-state index in [4.69, 9.17) is 4.74 Å². The second-order valence-electron chi connectivity index (χ2n) is 7.76. The summed E-state index contributed by atoms with van der Waals surface area (Å²) >= 11 is 0. The normalized spacial score (nSPS) is 15.4. The van der Waals surface area contributed by atoms with Crippen molar-refractivity contribution in [1.29, 1.82) is 0 Å². The van der Waals surface area contributed by atoms with Crippen molar-refractivity contribution < 1.29 is 18.7 Å². The van der Waals surface area contributed by atoms with Gasteiger partial charge in [0.25, 0.3) is 0 Å². The van der Waals surface area contributed by atoms with Crippen LogP contribution in [0, 0.1) is 5.82 Å². The Labute approximate surface area is 190 Å². The van der Waals surface area contributed by atoms with Gasteiger partial charge in [-0.3, -0.25) is 9.69 Å². The van der Waals surface area contributed by atoms with Crippen molar-refractivity contribution in [3.05, 3.63) is 78.1 Å². The summed E-state index contributed by atoms with van der Waals surface area (Å²) in [6, 6.07) is 12.3. The molecule has 2 amide bonds. The largest absolute Gasteiger partial charge is 0.442 e. The third-order valence-electron chi connectivity index (χ3n) is 5.25. The van der Waals surface area contributed by atoms with E-state index < -0.39 is 18.0 Å². The third kappa shape index (κ3) is 5.69. The highest BCUT2D eigenvalue weighted by atomic mass is 19.1. The number of ether oxygens (including phenoxy) is 1. The molecule has 170 valence electrons. The molecular formula is C24H24FN5O3. The lowest BCUT2D eigenvalue weighted by Gasteiger charge is -2.15. The topological polar surface area (TPSA) is 96.5 Å². The lowest BCUT2D eigenvalue weighted by Crippen LogP contribution is -2.33. The minimum atomic E-state index is -0.559. The number of benzene rings is 2. The van der Waals surface area contributed by atoms with E-state index in [1.54, 1.807) is 24.5 Å². The van der Waals surface area contributed by atoms with E-state index in [-0.39, 0.29) is 19.0 Å². The van der Waals surface area contributed by atoms with Crippen LogP contribution in [0.3, 0.4) is 0 Å². The van der Waals surface area contributed by atoms with Crippen LogP contribution in [0.5, 0.6) is 0 Å². The molecule has 9 heteroatoms. The minimum absolute atomic E-state index is 0.201. The molecule has 0 bridgehead atoms. The van der Waals surface area contributed by atoms with Gasteiger partial charge in [0, 0.05) is 43.5 Å². The van der Waals surface area contributed by atoms with Crippen LogP contribution in [-0.2, 0) is 22.6 Å². The Balaban J connectivity index is 1.37. The summed E-state index contributed by atoms with van der Waals surface area (Å²) in [4.78, 5) is 32.6. The average molecular weight is 449 g/mol. The van der Waals surface area contributed by atoms with E-state index in [1.165, 1.54) is 24.2 Å². The van der Waals surface area contributed by atoms with Gasteiger partial charge < -0.3 is 15.4 Å². The molecule has 1 aliphatic rings. The molecule has 1 aromatic heterocycles. The number of rotatable bonds is 8.